The number of aryl methyl sites for hydroxylation is 1. The summed E-state index contributed by atoms with van der Waals surface area (Å²) in [6.07, 6.45) is 4.09. The fraction of sp³-hybridized carbons (Fsp3) is 0.368. The van der Waals surface area contributed by atoms with Gasteiger partial charge in [-0.15, -0.1) is 0 Å². The van der Waals surface area contributed by atoms with Gasteiger partial charge in [0.15, 0.2) is 0 Å². The molecule has 1 aliphatic rings. The first-order valence-electron chi connectivity index (χ1n) is 7.63. The summed E-state index contributed by atoms with van der Waals surface area (Å²) in [5.74, 6) is 0.772. The summed E-state index contributed by atoms with van der Waals surface area (Å²) in [6, 6.07) is 15.8. The summed E-state index contributed by atoms with van der Waals surface area (Å²) in [7, 11) is 2.02. The Balaban J connectivity index is 2.10. The van der Waals surface area contributed by atoms with E-state index in [0.717, 1.165) is 12.5 Å². The van der Waals surface area contributed by atoms with E-state index in [9.17, 15) is 0 Å². The van der Waals surface area contributed by atoms with Gasteiger partial charge in [0.2, 0.25) is 0 Å². The highest BCUT2D eigenvalue weighted by molar-refractivity contribution is 5.72. The number of rotatable bonds is 4. The monoisotopic (exact) mass is 265 g/mol. The molecular weight excluding hydrogens is 242 g/mol. The summed E-state index contributed by atoms with van der Waals surface area (Å²) in [5, 5.41) is 3.29. The zero-order chi connectivity index (χ0) is 13.9. The second-order valence-corrected chi connectivity index (χ2v) is 5.91. The first-order valence-corrected chi connectivity index (χ1v) is 7.63. The van der Waals surface area contributed by atoms with E-state index >= 15 is 0 Å². The van der Waals surface area contributed by atoms with Crippen molar-refractivity contribution in [3.8, 4) is 11.1 Å². The van der Waals surface area contributed by atoms with Gasteiger partial charge in [0.1, 0.15) is 0 Å². The Labute approximate surface area is 122 Å². The Morgan fingerprint density at radius 2 is 1.85 bits per heavy atom. The van der Waals surface area contributed by atoms with Crippen LogP contribution in [0.2, 0.25) is 0 Å². The van der Waals surface area contributed by atoms with E-state index in [1.165, 1.54) is 41.5 Å². The Kier molecular flexibility index (Phi) is 3.88. The lowest BCUT2D eigenvalue weighted by Gasteiger charge is -2.28. The van der Waals surface area contributed by atoms with E-state index in [1.54, 1.807) is 5.56 Å². The Morgan fingerprint density at radius 1 is 1.05 bits per heavy atom. The average Bonchev–Trinajstić information content (AvgIpc) is 2.40. The zero-order valence-corrected chi connectivity index (χ0v) is 12.4. The number of benzene rings is 2. The lowest BCUT2D eigenvalue weighted by molar-refractivity contribution is 0.420. The molecular formula is C19H23N. The maximum Gasteiger partial charge on any atom is 0.0208 e. The van der Waals surface area contributed by atoms with Crippen LogP contribution in [-0.4, -0.2) is 7.05 Å². The van der Waals surface area contributed by atoms with Crippen LogP contribution in [0.5, 0.6) is 0 Å². The van der Waals surface area contributed by atoms with Crippen LogP contribution in [0.3, 0.4) is 0 Å². The zero-order valence-electron chi connectivity index (χ0n) is 12.4. The Bertz CT molecular complexity index is 596. The first-order chi connectivity index (χ1) is 9.79. The smallest absolute Gasteiger partial charge is 0.0208 e. The number of hydrogen-bond donors (Lipinski definition) is 1. The van der Waals surface area contributed by atoms with Gasteiger partial charge >= 0.3 is 0 Å². The minimum Gasteiger partial charge on any atom is -0.316 e. The van der Waals surface area contributed by atoms with E-state index in [-0.39, 0.29) is 0 Å². The standard InChI is InChI=1S/C19H23N/c1-14-10-11-16(13-20-2)19(12-14)18-9-4-3-8-17(18)15-6-5-7-15/h3-4,8-12,15,20H,5-7,13H2,1-2H3. The van der Waals surface area contributed by atoms with Crippen molar-refractivity contribution >= 4 is 0 Å². The highest BCUT2D eigenvalue weighted by Gasteiger charge is 2.22. The minimum atomic E-state index is 0.772. The topological polar surface area (TPSA) is 12.0 Å². The Morgan fingerprint density at radius 3 is 2.55 bits per heavy atom. The maximum atomic E-state index is 3.29. The van der Waals surface area contributed by atoms with Crippen LogP contribution in [-0.2, 0) is 6.54 Å². The molecule has 1 N–H and O–H groups in total. The van der Waals surface area contributed by atoms with Crippen molar-refractivity contribution in [3.63, 3.8) is 0 Å². The molecule has 1 fully saturated rings. The third kappa shape index (κ3) is 2.51. The molecule has 0 aromatic heterocycles. The highest BCUT2D eigenvalue weighted by atomic mass is 14.8. The molecule has 1 heteroatoms. The van der Waals surface area contributed by atoms with Crippen LogP contribution in [0.4, 0.5) is 0 Å². The van der Waals surface area contributed by atoms with E-state index in [4.69, 9.17) is 0 Å². The predicted molar refractivity (Wildman–Crippen MR) is 86.0 cm³/mol. The molecule has 2 aromatic carbocycles. The van der Waals surface area contributed by atoms with Crippen LogP contribution in [0.25, 0.3) is 11.1 Å². The van der Waals surface area contributed by atoms with Crippen LogP contribution in [0.15, 0.2) is 42.5 Å². The molecule has 0 saturated heterocycles. The average molecular weight is 265 g/mol. The van der Waals surface area contributed by atoms with E-state index in [2.05, 4.69) is 54.7 Å². The summed E-state index contributed by atoms with van der Waals surface area (Å²) in [6.45, 7) is 3.10. The van der Waals surface area contributed by atoms with Gasteiger partial charge in [-0.3, -0.25) is 0 Å². The van der Waals surface area contributed by atoms with Gasteiger partial charge in [0, 0.05) is 6.54 Å². The van der Waals surface area contributed by atoms with Crippen LogP contribution in [0, 0.1) is 6.92 Å². The molecule has 0 aliphatic heterocycles. The van der Waals surface area contributed by atoms with Crippen molar-refractivity contribution in [2.75, 3.05) is 7.05 Å². The molecule has 0 heterocycles. The lowest BCUT2D eigenvalue weighted by atomic mass is 9.76. The molecule has 0 spiro atoms. The van der Waals surface area contributed by atoms with Crippen molar-refractivity contribution in [2.45, 2.75) is 38.6 Å². The van der Waals surface area contributed by atoms with Gasteiger partial charge in [-0.1, -0.05) is 54.4 Å². The van der Waals surface area contributed by atoms with Gasteiger partial charge in [0.25, 0.3) is 0 Å². The maximum absolute atomic E-state index is 3.29. The highest BCUT2D eigenvalue weighted by Crippen LogP contribution is 2.41. The van der Waals surface area contributed by atoms with Crippen molar-refractivity contribution < 1.29 is 0 Å². The van der Waals surface area contributed by atoms with Gasteiger partial charge in [0.05, 0.1) is 0 Å². The van der Waals surface area contributed by atoms with Crippen molar-refractivity contribution in [1.29, 1.82) is 0 Å². The summed E-state index contributed by atoms with van der Waals surface area (Å²) >= 11 is 0. The fourth-order valence-electron chi connectivity index (χ4n) is 3.10. The lowest BCUT2D eigenvalue weighted by Crippen LogP contribution is -2.11. The molecule has 1 aliphatic carbocycles. The largest absolute Gasteiger partial charge is 0.316 e. The minimum absolute atomic E-state index is 0.772. The molecule has 0 amide bonds. The van der Waals surface area contributed by atoms with Crippen molar-refractivity contribution in [3.05, 3.63) is 59.2 Å². The number of nitrogens with one attached hydrogen (secondary N) is 1. The summed E-state index contributed by atoms with van der Waals surface area (Å²) < 4.78 is 0. The molecule has 0 unspecified atom stereocenters. The molecule has 0 radical (unpaired) electrons. The van der Waals surface area contributed by atoms with Crippen molar-refractivity contribution in [1.82, 2.24) is 5.32 Å². The number of hydrogen-bond acceptors (Lipinski definition) is 1. The van der Waals surface area contributed by atoms with Gasteiger partial charge < -0.3 is 5.32 Å². The summed E-state index contributed by atoms with van der Waals surface area (Å²) in [5.41, 5.74) is 7.11. The first kappa shape index (κ1) is 13.4. The third-order valence-corrected chi connectivity index (χ3v) is 4.43. The molecule has 1 saturated carbocycles. The quantitative estimate of drug-likeness (QED) is 0.848. The molecule has 1 nitrogen and oxygen atoms in total. The van der Waals surface area contributed by atoms with E-state index in [0.29, 0.717) is 0 Å². The molecule has 0 atom stereocenters. The SMILES string of the molecule is CNCc1ccc(C)cc1-c1ccccc1C1CCC1. The second-order valence-electron chi connectivity index (χ2n) is 5.91. The molecule has 0 bridgehead atoms. The molecule has 3 rings (SSSR count). The van der Waals surface area contributed by atoms with Gasteiger partial charge in [-0.2, -0.15) is 0 Å². The predicted octanol–water partition coefficient (Wildman–Crippen LogP) is 4.65. The fourth-order valence-corrected chi connectivity index (χ4v) is 3.10. The normalized spacial score (nSPS) is 15.1. The van der Waals surface area contributed by atoms with E-state index < -0.39 is 0 Å². The van der Waals surface area contributed by atoms with Crippen molar-refractivity contribution in [2.24, 2.45) is 0 Å². The molecule has 2 aromatic rings. The molecule has 104 valence electrons. The second kappa shape index (κ2) is 5.80. The Hall–Kier alpha value is -1.60. The molecule has 20 heavy (non-hydrogen) atoms. The van der Waals surface area contributed by atoms with Gasteiger partial charge in [-0.25, -0.2) is 0 Å². The third-order valence-electron chi connectivity index (χ3n) is 4.43. The summed E-state index contributed by atoms with van der Waals surface area (Å²) in [4.78, 5) is 0. The van der Waals surface area contributed by atoms with Crippen LogP contribution < -0.4 is 5.32 Å². The van der Waals surface area contributed by atoms with Crippen LogP contribution >= 0.6 is 0 Å². The van der Waals surface area contributed by atoms with Gasteiger partial charge in [-0.05, 0) is 55.0 Å². The van der Waals surface area contributed by atoms with Crippen LogP contribution in [0.1, 0.15) is 41.9 Å². The van der Waals surface area contributed by atoms with E-state index in [1.807, 2.05) is 7.05 Å².